The maximum Gasteiger partial charge on any atom is 0.258 e. The summed E-state index contributed by atoms with van der Waals surface area (Å²) < 4.78 is 10.5. The number of rotatable bonds is 20. The highest BCUT2D eigenvalue weighted by Gasteiger charge is 2.27. The standard InChI is InChI=1S/C48H45Cl5N8O8/c1-24(50)34-22-30(68-5)14-17-37(34)56-45(64)32-9-7-11-39(41(32)52)58-60-43(26(3)62)47(66)54-29-13-16-36(28(21-29)19-20-49)55-48(67)44(27(4)63)61-59-40-12-8-10-33(42(40)53)46(65)57-38-18-15-31(69-6)23-35(38)25(2)51/h7-18,21-25,43-44H,19-20H2,1-6H3,(H,54,66)(H,55,67)(H,56,64)(H,57,65). The third-order valence-electron chi connectivity index (χ3n) is 10.1. The van der Waals surface area contributed by atoms with E-state index in [0.717, 1.165) is 13.8 Å². The predicted molar refractivity (Wildman–Crippen MR) is 269 cm³/mol. The summed E-state index contributed by atoms with van der Waals surface area (Å²) in [5.74, 6) is -2.96. The van der Waals surface area contributed by atoms with Gasteiger partial charge in [-0.2, -0.15) is 20.5 Å². The number of hydrogen-bond donors (Lipinski definition) is 4. The summed E-state index contributed by atoms with van der Waals surface area (Å²) in [4.78, 5) is 79.2. The molecule has 0 aliphatic heterocycles. The number of carbonyl (C=O) groups excluding carboxylic acids is 6. The fourth-order valence-corrected chi connectivity index (χ4v) is 7.60. The van der Waals surface area contributed by atoms with Crippen molar-refractivity contribution in [2.75, 3.05) is 41.4 Å². The van der Waals surface area contributed by atoms with Crippen molar-refractivity contribution in [3.05, 3.63) is 129 Å². The van der Waals surface area contributed by atoms with Gasteiger partial charge in [-0.1, -0.05) is 35.3 Å². The molecule has 4 atom stereocenters. The van der Waals surface area contributed by atoms with Gasteiger partial charge in [0, 0.05) is 28.6 Å². The van der Waals surface area contributed by atoms with Gasteiger partial charge < -0.3 is 30.7 Å². The van der Waals surface area contributed by atoms with Crippen LogP contribution in [0.5, 0.6) is 11.5 Å². The normalized spacial score (nSPS) is 13.0. The third-order valence-corrected chi connectivity index (χ3v) is 11.6. The Hall–Kier alpha value is -6.43. The molecular formula is C48H45Cl5N8O8. The van der Waals surface area contributed by atoms with Crippen molar-refractivity contribution >= 4 is 127 Å². The topological polar surface area (TPSA) is 218 Å². The zero-order chi connectivity index (χ0) is 50.5. The van der Waals surface area contributed by atoms with Gasteiger partial charge >= 0.3 is 0 Å². The van der Waals surface area contributed by atoms with E-state index in [1.165, 1.54) is 68.8 Å². The van der Waals surface area contributed by atoms with Gasteiger partial charge in [0.05, 0.1) is 46.1 Å². The largest absolute Gasteiger partial charge is 0.497 e. The minimum Gasteiger partial charge on any atom is -0.497 e. The SMILES string of the molecule is COc1ccc(NC(=O)c2cccc(N=NC(C(C)=O)C(=O)Nc3ccc(NC(=O)C(N=Nc4cccc(C(=O)Nc5ccc(OC)cc5C(C)Cl)c4Cl)C(C)=O)c(CCCl)c3)c2Cl)c(C(C)Cl)c1. The zero-order valence-electron chi connectivity index (χ0n) is 37.8. The Bertz CT molecular complexity index is 2840. The van der Waals surface area contributed by atoms with E-state index in [4.69, 9.17) is 67.5 Å². The number of amides is 4. The summed E-state index contributed by atoms with van der Waals surface area (Å²) in [7, 11) is 3.02. The lowest BCUT2D eigenvalue weighted by Gasteiger charge is -2.16. The molecule has 5 aromatic rings. The molecular weight excluding hydrogens is 994 g/mol. The first-order valence-electron chi connectivity index (χ1n) is 20.8. The predicted octanol–water partition coefficient (Wildman–Crippen LogP) is 12.3. The number of halogens is 5. The maximum absolute atomic E-state index is 13.6. The van der Waals surface area contributed by atoms with Gasteiger partial charge in [-0.3, -0.25) is 28.8 Å². The number of nitrogens with one attached hydrogen (secondary N) is 4. The molecule has 0 heterocycles. The second kappa shape index (κ2) is 24.7. The zero-order valence-corrected chi connectivity index (χ0v) is 41.6. The van der Waals surface area contributed by atoms with E-state index in [2.05, 4.69) is 41.7 Å². The number of carbonyl (C=O) groups is 6. The number of nitrogens with zero attached hydrogens (tertiary/aromatic N) is 4. The van der Waals surface area contributed by atoms with E-state index < -0.39 is 58.0 Å². The highest BCUT2D eigenvalue weighted by Crippen LogP contribution is 2.36. The molecule has 0 aliphatic carbocycles. The van der Waals surface area contributed by atoms with Gasteiger partial charge in [-0.05, 0) is 130 Å². The first kappa shape index (κ1) is 53.5. The van der Waals surface area contributed by atoms with Crippen molar-refractivity contribution in [2.24, 2.45) is 20.5 Å². The third kappa shape index (κ3) is 13.9. The molecule has 4 N–H and O–H groups in total. The second-order valence-corrected chi connectivity index (χ2v) is 17.5. The van der Waals surface area contributed by atoms with Crippen molar-refractivity contribution in [2.45, 2.75) is 57.0 Å². The Balaban J connectivity index is 1.29. The van der Waals surface area contributed by atoms with Crippen molar-refractivity contribution in [3.63, 3.8) is 0 Å². The molecule has 0 saturated heterocycles. The van der Waals surface area contributed by atoms with Gasteiger partial charge in [0.25, 0.3) is 23.6 Å². The quantitative estimate of drug-likeness (QED) is 0.0333. The summed E-state index contributed by atoms with van der Waals surface area (Å²) in [6.07, 6.45) is 0.197. The smallest absolute Gasteiger partial charge is 0.258 e. The number of methoxy groups -OCH3 is 2. The molecule has 0 radical (unpaired) electrons. The Labute approximate surface area is 422 Å². The van der Waals surface area contributed by atoms with Crippen LogP contribution in [0.4, 0.5) is 34.1 Å². The monoisotopic (exact) mass is 1040 g/mol. The molecule has 0 saturated carbocycles. The van der Waals surface area contributed by atoms with Gasteiger partial charge in [0.1, 0.15) is 22.9 Å². The lowest BCUT2D eigenvalue weighted by Crippen LogP contribution is -2.32. The molecule has 0 bridgehead atoms. The average Bonchev–Trinajstić information content (AvgIpc) is 3.30. The Morgan fingerprint density at radius 1 is 0.580 bits per heavy atom. The Kier molecular flexibility index (Phi) is 19.2. The number of ketones is 2. The molecule has 0 aromatic heterocycles. The van der Waals surface area contributed by atoms with Crippen molar-refractivity contribution in [1.82, 2.24) is 0 Å². The van der Waals surface area contributed by atoms with Gasteiger partial charge in [-0.15, -0.1) is 34.8 Å². The van der Waals surface area contributed by atoms with E-state index in [1.54, 1.807) is 50.2 Å². The minimum atomic E-state index is -1.64. The molecule has 0 fully saturated rings. The Morgan fingerprint density at radius 3 is 1.42 bits per heavy atom. The lowest BCUT2D eigenvalue weighted by atomic mass is 10.1. The van der Waals surface area contributed by atoms with Crippen LogP contribution in [0.3, 0.4) is 0 Å². The number of benzene rings is 5. The molecule has 5 rings (SSSR count). The summed E-state index contributed by atoms with van der Waals surface area (Å²) in [6.45, 7) is 5.80. The minimum absolute atomic E-state index is 0.0105. The molecule has 21 heteroatoms. The van der Waals surface area contributed by atoms with Crippen LogP contribution in [0.25, 0.3) is 0 Å². The highest BCUT2D eigenvalue weighted by molar-refractivity contribution is 6.37. The lowest BCUT2D eigenvalue weighted by molar-refractivity contribution is -0.127. The summed E-state index contributed by atoms with van der Waals surface area (Å²) in [6, 6.07) is 20.1. The van der Waals surface area contributed by atoms with Crippen LogP contribution in [0.2, 0.25) is 10.0 Å². The summed E-state index contributed by atoms with van der Waals surface area (Å²) >= 11 is 32.0. The first-order chi connectivity index (χ1) is 32.9. The maximum atomic E-state index is 13.6. The van der Waals surface area contributed by atoms with Crippen LogP contribution in [-0.4, -0.2) is 67.4 Å². The highest BCUT2D eigenvalue weighted by atomic mass is 35.5. The van der Waals surface area contributed by atoms with Crippen LogP contribution in [0.15, 0.2) is 111 Å². The van der Waals surface area contributed by atoms with E-state index in [9.17, 15) is 28.8 Å². The summed E-state index contributed by atoms with van der Waals surface area (Å²) in [5, 5.41) is 25.9. The van der Waals surface area contributed by atoms with Crippen LogP contribution < -0.4 is 30.7 Å². The average molecular weight is 1040 g/mol. The van der Waals surface area contributed by atoms with Crippen molar-refractivity contribution < 1.29 is 38.2 Å². The molecule has 69 heavy (non-hydrogen) atoms. The number of aryl methyl sites for hydroxylation is 1. The van der Waals surface area contributed by atoms with Crippen molar-refractivity contribution in [1.29, 1.82) is 0 Å². The fourth-order valence-electron chi connectivity index (χ4n) is 6.54. The van der Waals surface area contributed by atoms with Crippen LogP contribution in [-0.2, 0) is 25.6 Å². The van der Waals surface area contributed by atoms with Gasteiger partial charge in [0.2, 0.25) is 12.1 Å². The number of alkyl halides is 3. The van der Waals surface area contributed by atoms with E-state index in [-0.39, 0.29) is 56.2 Å². The van der Waals surface area contributed by atoms with Crippen LogP contribution in [0.1, 0.15) is 75.9 Å². The van der Waals surface area contributed by atoms with E-state index in [1.807, 2.05) is 0 Å². The van der Waals surface area contributed by atoms with Crippen LogP contribution >= 0.6 is 58.0 Å². The molecule has 4 unspecified atom stereocenters. The molecule has 0 spiro atoms. The Morgan fingerprint density at radius 2 is 1.01 bits per heavy atom. The number of anilines is 4. The van der Waals surface area contributed by atoms with Crippen LogP contribution in [0, 0.1) is 0 Å². The number of azo groups is 2. The fraction of sp³-hybridized carbons (Fsp3) is 0.250. The molecule has 16 nitrogen and oxygen atoms in total. The summed E-state index contributed by atoms with van der Waals surface area (Å²) in [5.41, 5.74) is 3.09. The molecule has 5 aromatic carbocycles. The van der Waals surface area contributed by atoms with Gasteiger partial charge in [0.15, 0.2) is 11.6 Å². The van der Waals surface area contributed by atoms with E-state index in [0.29, 0.717) is 39.6 Å². The number of Topliss-reactive ketones (excluding diaryl/α,β-unsaturated/α-hetero) is 2. The van der Waals surface area contributed by atoms with E-state index >= 15 is 0 Å². The molecule has 0 aliphatic rings. The van der Waals surface area contributed by atoms with Crippen molar-refractivity contribution in [3.8, 4) is 11.5 Å². The van der Waals surface area contributed by atoms with Gasteiger partial charge in [-0.25, -0.2) is 0 Å². The molecule has 360 valence electrons. The number of hydrogen-bond acceptors (Lipinski definition) is 12. The first-order valence-corrected chi connectivity index (χ1v) is 23.0. The number of ether oxygens (including phenoxy) is 2. The molecule has 4 amide bonds. The second-order valence-electron chi connectivity index (χ2n) is 15.1.